The third-order valence-electron chi connectivity index (χ3n) is 3.22. The molecular formula is C17H15ClN2O3. The summed E-state index contributed by atoms with van der Waals surface area (Å²) in [7, 11) is 0. The molecule has 0 radical (unpaired) electrons. The van der Waals surface area contributed by atoms with E-state index in [0.717, 1.165) is 6.42 Å². The summed E-state index contributed by atoms with van der Waals surface area (Å²) in [6.07, 6.45) is 3.75. The minimum absolute atomic E-state index is 0.0626. The average Bonchev–Trinajstić information content (AvgIpc) is 2.54. The van der Waals surface area contributed by atoms with Gasteiger partial charge in [-0.1, -0.05) is 36.7 Å². The monoisotopic (exact) mass is 330 g/mol. The molecule has 2 aromatic rings. The summed E-state index contributed by atoms with van der Waals surface area (Å²) in [5.74, 6) is -0.313. The lowest BCUT2D eigenvalue weighted by Crippen LogP contribution is -2.07. The molecule has 0 aliphatic carbocycles. The number of amides is 1. The van der Waals surface area contributed by atoms with E-state index < -0.39 is 4.92 Å². The van der Waals surface area contributed by atoms with Crippen LogP contribution in [0.2, 0.25) is 5.02 Å². The van der Waals surface area contributed by atoms with Crippen molar-refractivity contribution in [1.29, 1.82) is 0 Å². The van der Waals surface area contributed by atoms with Crippen molar-refractivity contribution in [2.24, 2.45) is 0 Å². The first-order valence-electron chi connectivity index (χ1n) is 7.01. The quantitative estimate of drug-likeness (QED) is 0.499. The molecule has 2 aromatic carbocycles. The number of rotatable bonds is 5. The highest BCUT2D eigenvalue weighted by molar-refractivity contribution is 6.32. The summed E-state index contributed by atoms with van der Waals surface area (Å²) in [5, 5.41) is 13.6. The maximum absolute atomic E-state index is 11.9. The van der Waals surface area contributed by atoms with E-state index in [1.165, 1.54) is 29.8 Å². The second-order valence-electron chi connectivity index (χ2n) is 4.84. The number of anilines is 1. The number of carbonyl (C=O) groups excluding carboxylic acids is 1. The molecule has 0 unspecified atom stereocenters. The fourth-order valence-electron chi connectivity index (χ4n) is 1.95. The van der Waals surface area contributed by atoms with Gasteiger partial charge in [-0.25, -0.2) is 0 Å². The molecule has 5 nitrogen and oxygen atoms in total. The number of halogens is 1. The van der Waals surface area contributed by atoms with Crippen LogP contribution in [0.4, 0.5) is 11.4 Å². The maximum atomic E-state index is 11.9. The van der Waals surface area contributed by atoms with Gasteiger partial charge in [0.15, 0.2) is 0 Å². The summed E-state index contributed by atoms with van der Waals surface area (Å²) in [5.41, 5.74) is 2.22. The zero-order valence-electron chi connectivity index (χ0n) is 12.5. The number of nitro groups is 1. The zero-order chi connectivity index (χ0) is 16.8. The minimum Gasteiger partial charge on any atom is -0.323 e. The van der Waals surface area contributed by atoms with Crippen molar-refractivity contribution in [2.75, 3.05) is 5.32 Å². The highest BCUT2D eigenvalue weighted by Gasteiger charge is 2.11. The number of hydrogen-bond acceptors (Lipinski definition) is 3. The Morgan fingerprint density at radius 2 is 1.96 bits per heavy atom. The number of nitro benzene ring substituents is 1. The topological polar surface area (TPSA) is 72.2 Å². The third kappa shape index (κ3) is 4.66. The molecule has 0 aromatic heterocycles. The summed E-state index contributed by atoms with van der Waals surface area (Å²) in [6.45, 7) is 2.06. The Bertz CT molecular complexity index is 755. The molecule has 0 aliphatic rings. The lowest BCUT2D eigenvalue weighted by Gasteiger charge is -2.03. The predicted molar refractivity (Wildman–Crippen MR) is 91.6 cm³/mol. The van der Waals surface area contributed by atoms with Crippen LogP contribution in [0, 0.1) is 10.1 Å². The molecule has 23 heavy (non-hydrogen) atoms. The Labute approximate surface area is 138 Å². The van der Waals surface area contributed by atoms with Crippen molar-refractivity contribution in [2.45, 2.75) is 13.3 Å². The van der Waals surface area contributed by atoms with E-state index in [1.807, 2.05) is 24.3 Å². The number of aryl methyl sites for hydroxylation is 1. The van der Waals surface area contributed by atoms with Gasteiger partial charge in [0.2, 0.25) is 5.91 Å². The normalized spacial score (nSPS) is 10.7. The number of nitrogens with one attached hydrogen (secondary N) is 1. The van der Waals surface area contributed by atoms with Gasteiger partial charge in [0.05, 0.1) is 4.92 Å². The Morgan fingerprint density at radius 1 is 1.26 bits per heavy atom. The summed E-state index contributed by atoms with van der Waals surface area (Å²) in [4.78, 5) is 22.1. The molecule has 0 fully saturated rings. The molecule has 0 aliphatic heterocycles. The van der Waals surface area contributed by atoms with Crippen LogP contribution in [0.5, 0.6) is 0 Å². The van der Waals surface area contributed by atoms with Crippen LogP contribution in [-0.4, -0.2) is 10.8 Å². The van der Waals surface area contributed by atoms with E-state index in [9.17, 15) is 14.9 Å². The van der Waals surface area contributed by atoms with Crippen molar-refractivity contribution in [3.8, 4) is 0 Å². The number of carbonyl (C=O) groups is 1. The van der Waals surface area contributed by atoms with Crippen LogP contribution in [0.3, 0.4) is 0 Å². The fourth-order valence-corrected chi connectivity index (χ4v) is 2.14. The lowest BCUT2D eigenvalue weighted by molar-refractivity contribution is -0.384. The molecule has 1 amide bonds. The molecule has 118 valence electrons. The Morgan fingerprint density at radius 3 is 2.57 bits per heavy atom. The first-order chi connectivity index (χ1) is 11.0. The van der Waals surface area contributed by atoms with Crippen molar-refractivity contribution < 1.29 is 9.72 Å². The van der Waals surface area contributed by atoms with Crippen LogP contribution in [0.25, 0.3) is 6.08 Å². The molecule has 0 saturated carbocycles. The van der Waals surface area contributed by atoms with Gasteiger partial charge < -0.3 is 5.32 Å². The second kappa shape index (κ2) is 7.56. The van der Waals surface area contributed by atoms with Gasteiger partial charge in [-0.15, -0.1) is 0 Å². The van der Waals surface area contributed by atoms with Crippen LogP contribution in [0.15, 0.2) is 48.5 Å². The van der Waals surface area contributed by atoms with Crippen molar-refractivity contribution in [3.63, 3.8) is 0 Å². The molecule has 0 saturated heterocycles. The van der Waals surface area contributed by atoms with E-state index in [2.05, 4.69) is 12.2 Å². The van der Waals surface area contributed by atoms with Gasteiger partial charge in [0.1, 0.15) is 5.02 Å². The molecule has 0 bridgehead atoms. The number of nitrogens with zero attached hydrogens (tertiary/aromatic N) is 1. The van der Waals surface area contributed by atoms with E-state index in [-0.39, 0.29) is 16.6 Å². The summed E-state index contributed by atoms with van der Waals surface area (Å²) >= 11 is 5.74. The fraction of sp³-hybridized carbons (Fsp3) is 0.118. The average molecular weight is 331 g/mol. The molecule has 1 N–H and O–H groups in total. The van der Waals surface area contributed by atoms with Crippen molar-refractivity contribution in [3.05, 3.63) is 74.8 Å². The van der Waals surface area contributed by atoms with Crippen molar-refractivity contribution in [1.82, 2.24) is 0 Å². The van der Waals surface area contributed by atoms with E-state index in [1.54, 1.807) is 6.07 Å². The minimum atomic E-state index is -0.560. The molecule has 0 heterocycles. The van der Waals surface area contributed by atoms with Gasteiger partial charge in [0.25, 0.3) is 5.69 Å². The van der Waals surface area contributed by atoms with Crippen LogP contribution in [-0.2, 0) is 11.2 Å². The van der Waals surface area contributed by atoms with E-state index in [0.29, 0.717) is 11.3 Å². The largest absolute Gasteiger partial charge is 0.323 e. The molecule has 2 rings (SSSR count). The SMILES string of the molecule is CCc1ccc(NC(=O)/C=C/c2ccc(Cl)c([N+](=O)[O-])c2)cc1. The zero-order valence-corrected chi connectivity index (χ0v) is 13.2. The van der Waals surface area contributed by atoms with Gasteiger partial charge in [-0.3, -0.25) is 14.9 Å². The van der Waals surface area contributed by atoms with Crippen molar-refractivity contribution >= 4 is 35.0 Å². The molecule has 6 heteroatoms. The van der Waals surface area contributed by atoms with Crippen LogP contribution >= 0.6 is 11.6 Å². The van der Waals surface area contributed by atoms with Crippen LogP contribution < -0.4 is 5.32 Å². The Kier molecular flexibility index (Phi) is 5.49. The predicted octanol–water partition coefficient (Wildman–Crippen LogP) is 4.46. The molecular weight excluding hydrogens is 316 g/mol. The number of benzene rings is 2. The molecule has 0 spiro atoms. The third-order valence-corrected chi connectivity index (χ3v) is 3.54. The molecule has 0 atom stereocenters. The van der Waals surface area contributed by atoms with E-state index >= 15 is 0 Å². The first-order valence-corrected chi connectivity index (χ1v) is 7.39. The first kappa shape index (κ1) is 16.7. The lowest BCUT2D eigenvalue weighted by atomic mass is 10.1. The highest BCUT2D eigenvalue weighted by Crippen LogP contribution is 2.25. The maximum Gasteiger partial charge on any atom is 0.288 e. The van der Waals surface area contributed by atoms with Gasteiger partial charge in [-0.05, 0) is 41.8 Å². The smallest absolute Gasteiger partial charge is 0.288 e. The van der Waals surface area contributed by atoms with E-state index in [4.69, 9.17) is 11.6 Å². The highest BCUT2D eigenvalue weighted by atomic mass is 35.5. The number of hydrogen-bond donors (Lipinski definition) is 1. The van der Waals surface area contributed by atoms with Crippen LogP contribution in [0.1, 0.15) is 18.1 Å². The van der Waals surface area contributed by atoms with Gasteiger partial charge >= 0.3 is 0 Å². The Hall–Kier alpha value is -2.66. The second-order valence-corrected chi connectivity index (χ2v) is 5.25. The van der Waals surface area contributed by atoms with Gasteiger partial charge in [0, 0.05) is 17.8 Å². The summed E-state index contributed by atoms with van der Waals surface area (Å²) in [6, 6.07) is 11.9. The van der Waals surface area contributed by atoms with Gasteiger partial charge in [-0.2, -0.15) is 0 Å². The standard InChI is InChI=1S/C17H15ClN2O3/c1-2-12-3-7-14(8-4-12)19-17(21)10-6-13-5-9-15(18)16(11-13)20(22)23/h3-11H,2H2,1H3,(H,19,21)/b10-6+. The summed E-state index contributed by atoms with van der Waals surface area (Å²) < 4.78 is 0. The Balaban J connectivity index is 2.05.